The van der Waals surface area contributed by atoms with Crippen LogP contribution in [0.2, 0.25) is 0 Å². The van der Waals surface area contributed by atoms with Crippen molar-refractivity contribution in [1.29, 1.82) is 0 Å². The van der Waals surface area contributed by atoms with Gasteiger partial charge < -0.3 is 14.2 Å². The Morgan fingerprint density at radius 2 is 1.71 bits per heavy atom. The molecular formula is C22H32N2O4. The first-order valence-corrected chi connectivity index (χ1v) is 10.3. The van der Waals surface area contributed by atoms with Crippen molar-refractivity contribution >= 4 is 11.7 Å². The topological polar surface area (TPSA) is 60.9 Å². The number of rotatable bonds is 2. The Hall–Kier alpha value is -1.50. The normalized spacial score (nSPS) is 28.6. The number of aromatic nitrogens is 1. The number of pyridine rings is 1. The van der Waals surface area contributed by atoms with Crippen molar-refractivity contribution < 1.29 is 19.0 Å². The van der Waals surface area contributed by atoms with Gasteiger partial charge >= 0.3 is 0 Å². The van der Waals surface area contributed by atoms with Crippen LogP contribution in [0.4, 0.5) is 5.82 Å². The average Bonchev–Trinajstić information content (AvgIpc) is 2.95. The minimum atomic E-state index is -0.714. The molecule has 4 rings (SSSR count). The van der Waals surface area contributed by atoms with Gasteiger partial charge in [0, 0.05) is 23.9 Å². The van der Waals surface area contributed by atoms with Gasteiger partial charge in [-0.2, -0.15) is 0 Å². The molecule has 2 saturated heterocycles. The Morgan fingerprint density at radius 1 is 1.07 bits per heavy atom. The summed E-state index contributed by atoms with van der Waals surface area (Å²) in [6, 6.07) is 0. The molecule has 3 aliphatic heterocycles. The molecule has 28 heavy (non-hydrogen) atoms. The molecule has 0 aromatic carbocycles. The third-order valence-corrected chi connectivity index (χ3v) is 6.84. The molecule has 6 heteroatoms. The summed E-state index contributed by atoms with van der Waals surface area (Å²) in [4.78, 5) is 19.9. The highest BCUT2D eigenvalue weighted by Crippen LogP contribution is 2.52. The van der Waals surface area contributed by atoms with Crippen LogP contribution in [-0.2, 0) is 24.4 Å². The van der Waals surface area contributed by atoms with Crippen LogP contribution < -0.4 is 4.90 Å². The summed E-state index contributed by atoms with van der Waals surface area (Å²) < 4.78 is 18.7. The molecule has 0 spiro atoms. The van der Waals surface area contributed by atoms with Crippen LogP contribution >= 0.6 is 0 Å². The molecule has 6 nitrogen and oxygen atoms in total. The van der Waals surface area contributed by atoms with Gasteiger partial charge in [0.05, 0.1) is 16.6 Å². The van der Waals surface area contributed by atoms with Crippen molar-refractivity contribution in [1.82, 2.24) is 4.98 Å². The minimum Gasteiger partial charge on any atom is -0.358 e. The Kier molecular flexibility index (Phi) is 4.42. The summed E-state index contributed by atoms with van der Waals surface area (Å²) in [5, 5.41) is 0. The van der Waals surface area contributed by atoms with E-state index in [-0.39, 0.29) is 12.1 Å². The predicted molar refractivity (Wildman–Crippen MR) is 106 cm³/mol. The van der Waals surface area contributed by atoms with Gasteiger partial charge in [-0.3, -0.25) is 9.69 Å². The number of ether oxygens (including phenoxy) is 3. The molecule has 0 radical (unpaired) electrons. The van der Waals surface area contributed by atoms with Crippen molar-refractivity contribution in [2.45, 2.75) is 96.9 Å². The second-order valence-electron chi connectivity index (χ2n) is 9.76. The highest BCUT2D eigenvalue weighted by Gasteiger charge is 2.55. The Morgan fingerprint density at radius 3 is 2.29 bits per heavy atom. The fourth-order valence-corrected chi connectivity index (χ4v) is 4.37. The molecule has 3 aliphatic rings. The summed E-state index contributed by atoms with van der Waals surface area (Å²) in [7, 11) is 0. The highest BCUT2D eigenvalue weighted by molar-refractivity contribution is 6.07. The van der Waals surface area contributed by atoms with Crippen molar-refractivity contribution in [2.75, 3.05) is 11.5 Å². The lowest BCUT2D eigenvalue weighted by Crippen LogP contribution is -2.45. The molecule has 1 aromatic heterocycles. The van der Waals surface area contributed by atoms with Crippen LogP contribution in [0.25, 0.3) is 0 Å². The molecule has 0 N–H and O–H groups in total. The average molecular weight is 389 g/mol. The van der Waals surface area contributed by atoms with Gasteiger partial charge in [-0.1, -0.05) is 0 Å². The number of nitrogens with zero attached hydrogens (tertiary/aromatic N) is 2. The molecular weight excluding hydrogens is 356 g/mol. The van der Waals surface area contributed by atoms with Crippen LogP contribution in [0.3, 0.4) is 0 Å². The molecule has 4 heterocycles. The molecule has 154 valence electrons. The molecule has 1 amide bonds. The molecule has 1 unspecified atom stereocenters. The zero-order chi connectivity index (χ0) is 20.5. The van der Waals surface area contributed by atoms with E-state index in [1.165, 1.54) is 0 Å². The minimum absolute atomic E-state index is 0.0327. The van der Waals surface area contributed by atoms with E-state index in [1.807, 2.05) is 54.7 Å². The van der Waals surface area contributed by atoms with Gasteiger partial charge in [0.2, 0.25) is 5.91 Å². The fraction of sp³-hybridized carbons (Fsp3) is 0.727. The first kappa shape index (κ1) is 19.8. The molecule has 0 bridgehead atoms. The molecule has 1 atom stereocenters. The largest absolute Gasteiger partial charge is 0.358 e. The molecule has 0 saturated carbocycles. The maximum atomic E-state index is 13.4. The van der Waals surface area contributed by atoms with E-state index in [0.29, 0.717) is 12.4 Å². The van der Waals surface area contributed by atoms with Gasteiger partial charge in [0.15, 0.2) is 6.29 Å². The SMILES string of the molecule is Cc1cnc2c(c1C1OC(C)(C)C(C)(C)O1)C(C)(C)C(=O)N2C1CCCCO1. The third-order valence-electron chi connectivity index (χ3n) is 6.84. The number of carbonyl (C=O) groups is 1. The zero-order valence-electron chi connectivity index (χ0n) is 18.1. The summed E-state index contributed by atoms with van der Waals surface area (Å²) >= 11 is 0. The quantitative estimate of drug-likeness (QED) is 0.762. The maximum Gasteiger partial charge on any atom is 0.240 e. The van der Waals surface area contributed by atoms with Crippen molar-refractivity contribution in [3.05, 3.63) is 22.9 Å². The fourth-order valence-electron chi connectivity index (χ4n) is 4.37. The number of hydrogen-bond acceptors (Lipinski definition) is 5. The van der Waals surface area contributed by atoms with Crippen LogP contribution in [0.1, 0.15) is 83.8 Å². The summed E-state index contributed by atoms with van der Waals surface area (Å²) in [5.74, 6) is 0.725. The Labute approximate surface area is 167 Å². The summed E-state index contributed by atoms with van der Waals surface area (Å²) in [6.45, 7) is 14.8. The maximum absolute atomic E-state index is 13.4. The first-order valence-electron chi connectivity index (χ1n) is 10.3. The van der Waals surface area contributed by atoms with Gasteiger partial charge in [-0.05, 0) is 73.3 Å². The number of anilines is 1. The van der Waals surface area contributed by atoms with E-state index in [9.17, 15) is 4.79 Å². The van der Waals surface area contributed by atoms with E-state index in [4.69, 9.17) is 14.2 Å². The van der Waals surface area contributed by atoms with Gasteiger partial charge in [0.1, 0.15) is 12.0 Å². The van der Waals surface area contributed by atoms with Crippen LogP contribution in [0, 0.1) is 6.92 Å². The summed E-state index contributed by atoms with van der Waals surface area (Å²) in [6.07, 6.45) is 3.98. The third kappa shape index (κ3) is 2.72. The number of aryl methyl sites for hydroxylation is 1. The van der Waals surface area contributed by atoms with Crippen LogP contribution in [0.5, 0.6) is 0 Å². The van der Waals surface area contributed by atoms with Crippen molar-refractivity contribution in [2.24, 2.45) is 0 Å². The van der Waals surface area contributed by atoms with E-state index in [2.05, 4.69) is 4.98 Å². The van der Waals surface area contributed by atoms with Gasteiger partial charge in [-0.25, -0.2) is 4.98 Å². The molecule has 0 aliphatic carbocycles. The number of fused-ring (bicyclic) bond motifs is 1. The first-order chi connectivity index (χ1) is 13.0. The second-order valence-corrected chi connectivity index (χ2v) is 9.76. The van der Waals surface area contributed by atoms with E-state index < -0.39 is 22.9 Å². The van der Waals surface area contributed by atoms with Crippen LogP contribution in [-0.4, -0.2) is 34.9 Å². The molecule has 1 aromatic rings. The monoisotopic (exact) mass is 388 g/mol. The standard InChI is InChI=1S/C22H32N2O4/c1-13-12-23-17-16(15(13)18-27-21(4,5)22(6,7)28-18)20(2,3)19(25)24(17)14-10-8-9-11-26-14/h12,14,18H,8-11H2,1-7H3. The number of carbonyl (C=O) groups excluding carboxylic acids is 1. The van der Waals surface area contributed by atoms with Crippen LogP contribution in [0.15, 0.2) is 6.20 Å². The lowest BCUT2D eigenvalue weighted by atomic mass is 9.82. The second kappa shape index (κ2) is 6.25. The van der Waals surface area contributed by atoms with Gasteiger partial charge in [0.25, 0.3) is 0 Å². The Balaban J connectivity index is 1.84. The predicted octanol–water partition coefficient (Wildman–Crippen LogP) is 4.14. The lowest BCUT2D eigenvalue weighted by Gasteiger charge is -2.31. The smallest absolute Gasteiger partial charge is 0.240 e. The molecule has 2 fully saturated rings. The Bertz CT molecular complexity index is 793. The van der Waals surface area contributed by atoms with Gasteiger partial charge in [-0.15, -0.1) is 0 Å². The van der Waals surface area contributed by atoms with E-state index in [1.54, 1.807) is 4.90 Å². The van der Waals surface area contributed by atoms with Crippen molar-refractivity contribution in [3.8, 4) is 0 Å². The number of hydrogen-bond donors (Lipinski definition) is 0. The van der Waals surface area contributed by atoms with Crippen molar-refractivity contribution in [3.63, 3.8) is 0 Å². The van der Waals surface area contributed by atoms with E-state index >= 15 is 0 Å². The lowest BCUT2D eigenvalue weighted by molar-refractivity contribution is -0.125. The highest BCUT2D eigenvalue weighted by atomic mass is 16.7. The number of amides is 1. The zero-order valence-corrected chi connectivity index (χ0v) is 18.1. The summed E-state index contributed by atoms with van der Waals surface area (Å²) in [5.41, 5.74) is 1.21. The van der Waals surface area contributed by atoms with E-state index in [0.717, 1.165) is 36.0 Å².